The molecular weight excluding hydrogens is 374 g/mol. The third-order valence-electron chi connectivity index (χ3n) is 3.69. The predicted molar refractivity (Wildman–Crippen MR) is 102 cm³/mol. The molecule has 1 N–H and O–H groups in total. The molecule has 0 aliphatic carbocycles. The normalized spacial score (nSPS) is 11.4. The molecule has 0 fully saturated rings. The Bertz CT molecular complexity index is 868. The lowest BCUT2D eigenvalue weighted by Gasteiger charge is -2.15. The molecule has 2 rings (SSSR count). The van der Waals surface area contributed by atoms with Gasteiger partial charge < -0.3 is 15.0 Å². The second-order valence-electron chi connectivity index (χ2n) is 5.90. The average Bonchev–Trinajstić information content (AvgIpc) is 2.63. The SMILES string of the molecule is CC(OC(=O)c1ccc(N(C)C)cc1)C(=O)Nc1ccc([N+](=O)[O-])cc1Cl. The van der Waals surface area contributed by atoms with Gasteiger partial charge in [0.2, 0.25) is 0 Å². The van der Waals surface area contributed by atoms with E-state index in [1.54, 1.807) is 24.3 Å². The maximum absolute atomic E-state index is 12.2. The molecule has 1 amide bonds. The van der Waals surface area contributed by atoms with E-state index in [1.165, 1.54) is 19.1 Å². The summed E-state index contributed by atoms with van der Waals surface area (Å²) in [5, 5.41) is 13.2. The summed E-state index contributed by atoms with van der Waals surface area (Å²) in [5.41, 5.74) is 1.22. The summed E-state index contributed by atoms with van der Waals surface area (Å²) in [6.07, 6.45) is -1.09. The van der Waals surface area contributed by atoms with Gasteiger partial charge in [-0.3, -0.25) is 14.9 Å². The summed E-state index contributed by atoms with van der Waals surface area (Å²) < 4.78 is 5.16. The first kappa shape index (κ1) is 20.2. The third-order valence-corrected chi connectivity index (χ3v) is 4.01. The molecule has 0 aromatic heterocycles. The Balaban J connectivity index is 2.00. The van der Waals surface area contributed by atoms with E-state index in [4.69, 9.17) is 16.3 Å². The van der Waals surface area contributed by atoms with Crippen LogP contribution in [0.1, 0.15) is 17.3 Å². The summed E-state index contributed by atoms with van der Waals surface area (Å²) in [5.74, 6) is -1.25. The standard InChI is InChI=1S/C18H18ClN3O5/c1-11(27-18(24)12-4-6-13(7-5-12)21(2)3)17(23)20-16-9-8-14(22(25)26)10-15(16)19/h4-11H,1-3H3,(H,20,23). The van der Waals surface area contributed by atoms with Crippen LogP contribution in [-0.2, 0) is 9.53 Å². The molecule has 9 heteroatoms. The van der Waals surface area contributed by atoms with Crippen molar-refractivity contribution in [3.05, 3.63) is 63.2 Å². The van der Waals surface area contributed by atoms with Crippen molar-refractivity contribution < 1.29 is 19.2 Å². The molecule has 142 valence electrons. The number of nitro groups is 1. The van der Waals surface area contributed by atoms with Gasteiger partial charge in [-0.05, 0) is 37.3 Å². The number of benzene rings is 2. The van der Waals surface area contributed by atoms with Crippen molar-refractivity contribution in [3.8, 4) is 0 Å². The Morgan fingerprint density at radius 2 is 1.81 bits per heavy atom. The number of carbonyl (C=O) groups excluding carboxylic acids is 2. The maximum atomic E-state index is 12.2. The van der Waals surface area contributed by atoms with Gasteiger partial charge in [-0.25, -0.2) is 4.79 Å². The zero-order chi connectivity index (χ0) is 20.1. The van der Waals surface area contributed by atoms with Crippen LogP contribution in [0.5, 0.6) is 0 Å². The topological polar surface area (TPSA) is 102 Å². The van der Waals surface area contributed by atoms with Crippen LogP contribution >= 0.6 is 11.6 Å². The number of ether oxygens (including phenoxy) is 1. The highest BCUT2D eigenvalue weighted by atomic mass is 35.5. The quantitative estimate of drug-likeness (QED) is 0.459. The van der Waals surface area contributed by atoms with Crippen molar-refractivity contribution in [2.45, 2.75) is 13.0 Å². The molecule has 2 aromatic rings. The molecule has 0 heterocycles. The number of halogens is 1. The van der Waals surface area contributed by atoms with Gasteiger partial charge in [0, 0.05) is 31.9 Å². The van der Waals surface area contributed by atoms with Crippen molar-refractivity contribution in [1.82, 2.24) is 0 Å². The molecule has 0 saturated carbocycles. The van der Waals surface area contributed by atoms with E-state index in [1.807, 2.05) is 19.0 Å². The smallest absolute Gasteiger partial charge is 0.338 e. The summed E-state index contributed by atoms with van der Waals surface area (Å²) in [6.45, 7) is 1.42. The first-order valence-electron chi connectivity index (χ1n) is 7.92. The number of nitrogens with zero attached hydrogens (tertiary/aromatic N) is 2. The summed E-state index contributed by atoms with van der Waals surface area (Å²) >= 11 is 5.93. The van der Waals surface area contributed by atoms with Gasteiger partial charge in [-0.15, -0.1) is 0 Å². The maximum Gasteiger partial charge on any atom is 0.338 e. The van der Waals surface area contributed by atoms with Gasteiger partial charge in [-0.2, -0.15) is 0 Å². The van der Waals surface area contributed by atoms with Crippen molar-refractivity contribution in [1.29, 1.82) is 0 Å². The van der Waals surface area contributed by atoms with Crippen LogP contribution in [0.25, 0.3) is 0 Å². The highest BCUT2D eigenvalue weighted by molar-refractivity contribution is 6.34. The second kappa shape index (κ2) is 8.50. The van der Waals surface area contributed by atoms with Crippen LogP contribution in [0, 0.1) is 10.1 Å². The third kappa shape index (κ3) is 5.18. The van der Waals surface area contributed by atoms with Crippen LogP contribution in [0.4, 0.5) is 17.1 Å². The zero-order valence-corrected chi connectivity index (χ0v) is 15.7. The fourth-order valence-corrected chi connectivity index (χ4v) is 2.35. The Kier molecular flexibility index (Phi) is 6.36. The Morgan fingerprint density at radius 3 is 2.33 bits per heavy atom. The number of hydrogen-bond donors (Lipinski definition) is 1. The van der Waals surface area contributed by atoms with E-state index >= 15 is 0 Å². The fraction of sp³-hybridized carbons (Fsp3) is 0.222. The Labute approximate surface area is 160 Å². The fourth-order valence-electron chi connectivity index (χ4n) is 2.13. The van der Waals surface area contributed by atoms with Crippen molar-refractivity contribution >= 4 is 40.5 Å². The molecule has 0 bridgehead atoms. The highest BCUT2D eigenvalue weighted by Crippen LogP contribution is 2.26. The Morgan fingerprint density at radius 1 is 1.19 bits per heavy atom. The summed E-state index contributed by atoms with van der Waals surface area (Å²) in [6, 6.07) is 10.4. The number of non-ortho nitro benzene ring substituents is 1. The lowest BCUT2D eigenvalue weighted by molar-refractivity contribution is -0.384. The van der Waals surface area contributed by atoms with E-state index in [-0.39, 0.29) is 16.4 Å². The number of nitrogens with one attached hydrogen (secondary N) is 1. The van der Waals surface area contributed by atoms with Crippen molar-refractivity contribution in [3.63, 3.8) is 0 Å². The van der Waals surface area contributed by atoms with Crippen LogP contribution < -0.4 is 10.2 Å². The lowest BCUT2D eigenvalue weighted by Crippen LogP contribution is -2.30. The van der Waals surface area contributed by atoms with Crippen molar-refractivity contribution in [2.24, 2.45) is 0 Å². The van der Waals surface area contributed by atoms with Crippen LogP contribution in [-0.4, -0.2) is 37.0 Å². The monoisotopic (exact) mass is 391 g/mol. The first-order valence-corrected chi connectivity index (χ1v) is 8.30. The predicted octanol–water partition coefficient (Wildman–Crippen LogP) is 3.50. The van der Waals surface area contributed by atoms with Gasteiger partial charge in [-0.1, -0.05) is 11.6 Å². The first-order chi connectivity index (χ1) is 12.7. The van der Waals surface area contributed by atoms with Crippen LogP contribution in [0.3, 0.4) is 0 Å². The van der Waals surface area contributed by atoms with E-state index in [9.17, 15) is 19.7 Å². The van der Waals surface area contributed by atoms with Gasteiger partial charge >= 0.3 is 5.97 Å². The average molecular weight is 392 g/mol. The second-order valence-corrected chi connectivity index (χ2v) is 6.31. The van der Waals surface area contributed by atoms with E-state index < -0.39 is 22.9 Å². The molecule has 1 unspecified atom stereocenters. The minimum atomic E-state index is -1.09. The molecular formula is C18H18ClN3O5. The molecule has 1 atom stereocenters. The van der Waals surface area contributed by atoms with Crippen LogP contribution in [0.2, 0.25) is 5.02 Å². The number of nitro benzene ring substituents is 1. The van der Waals surface area contributed by atoms with E-state index in [0.29, 0.717) is 5.56 Å². The number of esters is 1. The molecule has 0 aliphatic heterocycles. The largest absolute Gasteiger partial charge is 0.449 e. The minimum absolute atomic E-state index is 0.00958. The number of amides is 1. The molecule has 8 nitrogen and oxygen atoms in total. The molecule has 27 heavy (non-hydrogen) atoms. The number of rotatable bonds is 6. The molecule has 0 spiro atoms. The van der Waals surface area contributed by atoms with Crippen molar-refractivity contribution in [2.75, 3.05) is 24.3 Å². The highest BCUT2D eigenvalue weighted by Gasteiger charge is 2.20. The Hall–Kier alpha value is -3.13. The molecule has 0 radical (unpaired) electrons. The van der Waals surface area contributed by atoms with E-state index in [0.717, 1.165) is 11.8 Å². The minimum Gasteiger partial charge on any atom is -0.449 e. The number of hydrogen-bond acceptors (Lipinski definition) is 6. The van der Waals surface area contributed by atoms with Crippen LogP contribution in [0.15, 0.2) is 42.5 Å². The number of carbonyl (C=O) groups is 2. The number of anilines is 2. The van der Waals surface area contributed by atoms with Gasteiger partial charge in [0.1, 0.15) is 0 Å². The van der Waals surface area contributed by atoms with Gasteiger partial charge in [0.15, 0.2) is 6.10 Å². The van der Waals surface area contributed by atoms with Gasteiger partial charge in [0.05, 0.1) is 21.2 Å². The molecule has 0 aliphatic rings. The zero-order valence-electron chi connectivity index (χ0n) is 14.9. The molecule has 2 aromatic carbocycles. The lowest BCUT2D eigenvalue weighted by atomic mass is 10.2. The summed E-state index contributed by atoms with van der Waals surface area (Å²) in [7, 11) is 3.76. The summed E-state index contributed by atoms with van der Waals surface area (Å²) in [4.78, 5) is 36.4. The van der Waals surface area contributed by atoms with Gasteiger partial charge in [0.25, 0.3) is 11.6 Å². The van der Waals surface area contributed by atoms with E-state index in [2.05, 4.69) is 5.32 Å². The molecule has 0 saturated heterocycles.